The van der Waals surface area contributed by atoms with Gasteiger partial charge in [0.25, 0.3) is 0 Å². The SMILES string of the molecule is CC(C)(O)CNCC1CCC(=O)N1. The lowest BCUT2D eigenvalue weighted by Gasteiger charge is -2.19. The molecule has 4 nitrogen and oxygen atoms in total. The zero-order valence-corrected chi connectivity index (χ0v) is 8.26. The molecule has 3 N–H and O–H groups in total. The zero-order chi connectivity index (χ0) is 9.90. The van der Waals surface area contributed by atoms with E-state index in [1.807, 2.05) is 0 Å². The molecular weight excluding hydrogens is 168 g/mol. The van der Waals surface area contributed by atoms with Crippen LogP contribution in [0.2, 0.25) is 0 Å². The summed E-state index contributed by atoms with van der Waals surface area (Å²) in [7, 11) is 0. The van der Waals surface area contributed by atoms with Crippen molar-refractivity contribution in [2.75, 3.05) is 13.1 Å². The van der Waals surface area contributed by atoms with Crippen molar-refractivity contribution in [3.05, 3.63) is 0 Å². The first-order valence-electron chi connectivity index (χ1n) is 4.70. The van der Waals surface area contributed by atoms with Crippen LogP contribution in [0.25, 0.3) is 0 Å². The van der Waals surface area contributed by atoms with Crippen LogP contribution in [-0.2, 0) is 4.79 Å². The predicted molar refractivity (Wildman–Crippen MR) is 50.3 cm³/mol. The normalized spacial score (nSPS) is 23.3. The Kier molecular flexibility index (Phi) is 3.27. The summed E-state index contributed by atoms with van der Waals surface area (Å²) >= 11 is 0. The average Bonchev–Trinajstić information content (AvgIpc) is 2.33. The Bertz CT molecular complexity index is 187. The molecule has 1 fully saturated rings. The van der Waals surface area contributed by atoms with Gasteiger partial charge in [-0.3, -0.25) is 4.79 Å². The summed E-state index contributed by atoms with van der Waals surface area (Å²) in [6, 6.07) is 0.245. The Labute approximate surface area is 78.7 Å². The molecule has 0 spiro atoms. The molecule has 1 aliphatic rings. The van der Waals surface area contributed by atoms with Crippen LogP contribution in [-0.4, -0.2) is 35.7 Å². The topological polar surface area (TPSA) is 61.4 Å². The van der Waals surface area contributed by atoms with Crippen LogP contribution >= 0.6 is 0 Å². The molecule has 1 rings (SSSR count). The van der Waals surface area contributed by atoms with Gasteiger partial charge in [-0.1, -0.05) is 0 Å². The maximum Gasteiger partial charge on any atom is 0.220 e. The second-order valence-corrected chi connectivity index (χ2v) is 4.25. The van der Waals surface area contributed by atoms with E-state index in [4.69, 9.17) is 0 Å². The summed E-state index contributed by atoms with van der Waals surface area (Å²) in [5.41, 5.74) is -0.678. The van der Waals surface area contributed by atoms with Gasteiger partial charge in [0.1, 0.15) is 0 Å². The lowest BCUT2D eigenvalue weighted by atomic mass is 10.1. The monoisotopic (exact) mass is 186 g/mol. The van der Waals surface area contributed by atoms with Crippen LogP contribution in [0.3, 0.4) is 0 Å². The van der Waals surface area contributed by atoms with Gasteiger partial charge in [0.05, 0.1) is 5.60 Å². The van der Waals surface area contributed by atoms with E-state index in [0.29, 0.717) is 13.0 Å². The summed E-state index contributed by atoms with van der Waals surface area (Å²) < 4.78 is 0. The van der Waals surface area contributed by atoms with Crippen molar-refractivity contribution < 1.29 is 9.90 Å². The molecular formula is C9H18N2O2. The van der Waals surface area contributed by atoms with E-state index in [1.54, 1.807) is 13.8 Å². The van der Waals surface area contributed by atoms with Gasteiger partial charge in [-0.15, -0.1) is 0 Å². The van der Waals surface area contributed by atoms with Gasteiger partial charge >= 0.3 is 0 Å². The number of rotatable bonds is 4. The largest absolute Gasteiger partial charge is 0.389 e. The molecule has 0 saturated carbocycles. The van der Waals surface area contributed by atoms with E-state index in [-0.39, 0.29) is 11.9 Å². The van der Waals surface area contributed by atoms with Crippen molar-refractivity contribution in [3.8, 4) is 0 Å². The predicted octanol–water partition coefficient (Wildman–Crippen LogP) is -0.374. The molecule has 4 heteroatoms. The van der Waals surface area contributed by atoms with Crippen molar-refractivity contribution in [1.82, 2.24) is 10.6 Å². The van der Waals surface area contributed by atoms with E-state index in [0.717, 1.165) is 13.0 Å². The van der Waals surface area contributed by atoms with Crippen LogP contribution in [0.4, 0.5) is 0 Å². The Morgan fingerprint density at radius 3 is 2.85 bits per heavy atom. The first-order valence-corrected chi connectivity index (χ1v) is 4.70. The number of carbonyl (C=O) groups excluding carboxylic acids is 1. The quantitative estimate of drug-likeness (QED) is 0.561. The smallest absolute Gasteiger partial charge is 0.220 e. The zero-order valence-electron chi connectivity index (χ0n) is 8.26. The summed E-state index contributed by atoms with van der Waals surface area (Å²) in [5.74, 6) is 0.134. The molecule has 76 valence electrons. The van der Waals surface area contributed by atoms with E-state index < -0.39 is 5.60 Å². The number of carbonyl (C=O) groups is 1. The summed E-state index contributed by atoms with van der Waals surface area (Å²) in [6.45, 7) is 4.82. The van der Waals surface area contributed by atoms with Crippen LogP contribution in [0.1, 0.15) is 26.7 Å². The molecule has 1 atom stereocenters. The van der Waals surface area contributed by atoms with Crippen molar-refractivity contribution >= 4 is 5.91 Å². The fraction of sp³-hybridized carbons (Fsp3) is 0.889. The molecule has 1 amide bonds. The Balaban J connectivity index is 2.10. The lowest BCUT2D eigenvalue weighted by molar-refractivity contribution is -0.119. The highest BCUT2D eigenvalue weighted by molar-refractivity contribution is 5.78. The second kappa shape index (κ2) is 4.07. The Hall–Kier alpha value is -0.610. The van der Waals surface area contributed by atoms with E-state index in [2.05, 4.69) is 10.6 Å². The molecule has 1 unspecified atom stereocenters. The minimum atomic E-state index is -0.678. The number of hydrogen-bond donors (Lipinski definition) is 3. The van der Waals surface area contributed by atoms with Gasteiger partial charge in [0, 0.05) is 25.6 Å². The van der Waals surface area contributed by atoms with Gasteiger partial charge in [0.2, 0.25) is 5.91 Å². The molecule has 0 radical (unpaired) electrons. The number of nitrogens with one attached hydrogen (secondary N) is 2. The lowest BCUT2D eigenvalue weighted by Crippen LogP contribution is -2.41. The number of aliphatic hydroxyl groups is 1. The molecule has 13 heavy (non-hydrogen) atoms. The van der Waals surface area contributed by atoms with E-state index in [1.165, 1.54) is 0 Å². The first kappa shape index (κ1) is 10.5. The van der Waals surface area contributed by atoms with Gasteiger partial charge in [-0.25, -0.2) is 0 Å². The first-order chi connectivity index (χ1) is 5.97. The van der Waals surface area contributed by atoms with Gasteiger partial charge < -0.3 is 15.7 Å². The second-order valence-electron chi connectivity index (χ2n) is 4.25. The van der Waals surface area contributed by atoms with E-state index >= 15 is 0 Å². The van der Waals surface area contributed by atoms with Crippen molar-refractivity contribution in [2.45, 2.75) is 38.3 Å². The minimum absolute atomic E-state index is 0.134. The minimum Gasteiger partial charge on any atom is -0.389 e. The number of amides is 1. The third kappa shape index (κ3) is 4.24. The van der Waals surface area contributed by atoms with Gasteiger partial charge in [0.15, 0.2) is 0 Å². The van der Waals surface area contributed by atoms with Crippen molar-refractivity contribution in [3.63, 3.8) is 0 Å². The average molecular weight is 186 g/mol. The van der Waals surface area contributed by atoms with Crippen LogP contribution in [0.5, 0.6) is 0 Å². The van der Waals surface area contributed by atoms with Crippen LogP contribution < -0.4 is 10.6 Å². The van der Waals surface area contributed by atoms with Gasteiger partial charge in [-0.05, 0) is 20.3 Å². The molecule has 1 saturated heterocycles. The maximum absolute atomic E-state index is 10.8. The molecule has 0 bridgehead atoms. The Morgan fingerprint density at radius 1 is 1.69 bits per heavy atom. The van der Waals surface area contributed by atoms with Gasteiger partial charge in [-0.2, -0.15) is 0 Å². The molecule has 1 heterocycles. The fourth-order valence-electron chi connectivity index (χ4n) is 1.38. The summed E-state index contributed by atoms with van der Waals surface area (Å²) in [5, 5.41) is 15.4. The highest BCUT2D eigenvalue weighted by Gasteiger charge is 2.20. The third-order valence-corrected chi connectivity index (χ3v) is 2.03. The van der Waals surface area contributed by atoms with E-state index in [9.17, 15) is 9.90 Å². The molecule has 0 aliphatic carbocycles. The molecule has 0 aromatic carbocycles. The summed E-state index contributed by atoms with van der Waals surface area (Å²) in [6.07, 6.45) is 1.53. The molecule has 0 aromatic rings. The standard InChI is InChI=1S/C9H18N2O2/c1-9(2,13)6-10-5-7-3-4-8(12)11-7/h7,10,13H,3-6H2,1-2H3,(H,11,12). The van der Waals surface area contributed by atoms with Crippen molar-refractivity contribution in [1.29, 1.82) is 0 Å². The highest BCUT2D eigenvalue weighted by Crippen LogP contribution is 2.05. The third-order valence-electron chi connectivity index (χ3n) is 2.03. The molecule has 0 aromatic heterocycles. The maximum atomic E-state index is 10.8. The number of hydrogen-bond acceptors (Lipinski definition) is 3. The van der Waals surface area contributed by atoms with Crippen molar-refractivity contribution in [2.24, 2.45) is 0 Å². The molecule has 1 aliphatic heterocycles. The van der Waals surface area contributed by atoms with Crippen LogP contribution in [0.15, 0.2) is 0 Å². The van der Waals surface area contributed by atoms with Crippen LogP contribution in [0, 0.1) is 0 Å². The fourth-order valence-corrected chi connectivity index (χ4v) is 1.38. The Morgan fingerprint density at radius 2 is 2.38 bits per heavy atom. The summed E-state index contributed by atoms with van der Waals surface area (Å²) in [4.78, 5) is 10.8. The highest BCUT2D eigenvalue weighted by atomic mass is 16.3.